The van der Waals surface area contributed by atoms with Gasteiger partial charge in [0.15, 0.2) is 22.2 Å². The third-order valence-electron chi connectivity index (χ3n) is 7.29. The molecule has 0 amide bonds. The molecule has 0 bridgehead atoms. The van der Waals surface area contributed by atoms with Gasteiger partial charge in [0.05, 0.1) is 0 Å². The molecular weight excluding hydrogens is 579 g/mol. The fourth-order valence-corrected chi connectivity index (χ4v) is 21.5. The summed E-state index contributed by atoms with van der Waals surface area (Å²) in [5, 5.41) is 0.875. The lowest BCUT2D eigenvalue weighted by atomic mass is 9.82. The zero-order chi connectivity index (χ0) is 30.9. The topological polar surface area (TPSA) is 63.0 Å². The van der Waals surface area contributed by atoms with Crippen LogP contribution in [0.2, 0.25) is 58.4 Å². The predicted octanol–water partition coefficient (Wildman–Crippen LogP) is 9.54. The molecule has 0 aliphatic rings. The minimum absolute atomic E-state index is 0.0963. The van der Waals surface area contributed by atoms with Crippen molar-refractivity contribution in [1.29, 1.82) is 0 Å². The van der Waals surface area contributed by atoms with Gasteiger partial charge in [0.2, 0.25) is 5.89 Å². The second-order valence-corrected chi connectivity index (χ2v) is 30.3. The molecule has 1 heterocycles. The van der Waals surface area contributed by atoms with Crippen molar-refractivity contribution in [1.82, 2.24) is 4.98 Å². The van der Waals surface area contributed by atoms with E-state index < -0.39 is 33.8 Å². The van der Waals surface area contributed by atoms with Crippen molar-refractivity contribution < 1.29 is 21.5 Å². The Morgan fingerprint density at radius 3 is 2.00 bits per heavy atom. The first-order chi connectivity index (χ1) is 18.8. The van der Waals surface area contributed by atoms with Crippen molar-refractivity contribution in [2.24, 2.45) is 0 Å². The van der Waals surface area contributed by atoms with Gasteiger partial charge in [0.1, 0.15) is 17.9 Å². The van der Waals surface area contributed by atoms with Crippen LogP contribution in [-0.4, -0.2) is 45.3 Å². The highest BCUT2D eigenvalue weighted by molar-refractivity contribution is 6.92. The average molecular weight is 630 g/mol. The average Bonchev–Trinajstić information content (AvgIpc) is 3.28. The van der Waals surface area contributed by atoms with E-state index >= 15 is 0 Å². The molecule has 0 aliphatic carbocycles. The molecule has 2 aromatic carbocycles. The number of benzene rings is 2. The summed E-state index contributed by atoms with van der Waals surface area (Å²) in [6.07, 6.45) is 1.06. The molecule has 41 heavy (non-hydrogen) atoms. The molecule has 2 atom stereocenters. The lowest BCUT2D eigenvalue weighted by molar-refractivity contribution is 0.309. The molecule has 0 spiro atoms. The fourth-order valence-electron chi connectivity index (χ4n) is 4.65. The highest BCUT2D eigenvalue weighted by Gasteiger charge is 2.48. The predicted molar refractivity (Wildman–Crippen MR) is 181 cm³/mol. The van der Waals surface area contributed by atoms with Gasteiger partial charge in [-0.25, -0.2) is 4.98 Å². The van der Waals surface area contributed by atoms with Crippen LogP contribution >= 0.6 is 0 Å². The Balaban J connectivity index is 1.75. The maximum absolute atomic E-state index is 6.92. The Morgan fingerprint density at radius 2 is 1.46 bits per heavy atom. The summed E-state index contributed by atoms with van der Waals surface area (Å²) >= 11 is 0. The normalized spacial score (nSPS) is 15.9. The van der Waals surface area contributed by atoms with Gasteiger partial charge < -0.3 is 21.5 Å². The smallest absolute Gasteiger partial charge is 0.348 e. The Bertz CT molecular complexity index is 1340. The lowest BCUT2D eigenvalue weighted by Crippen LogP contribution is -2.59. The second kappa shape index (κ2) is 12.4. The van der Waals surface area contributed by atoms with E-state index in [-0.39, 0.29) is 5.41 Å². The summed E-state index contributed by atoms with van der Waals surface area (Å²) < 4.78 is 32.6. The lowest BCUT2D eigenvalue weighted by Gasteiger charge is -2.43. The first kappa shape index (κ1) is 33.7. The maximum Gasteiger partial charge on any atom is 0.348 e. The summed E-state index contributed by atoms with van der Waals surface area (Å²) in [6.45, 7) is 31.1. The largest absolute Gasteiger partial charge is 0.489 e. The Hall–Kier alpha value is -1.80. The van der Waals surface area contributed by atoms with Gasteiger partial charge in [-0.05, 0) is 112 Å². The van der Waals surface area contributed by atoms with Crippen LogP contribution in [0.5, 0.6) is 5.75 Å². The first-order valence-corrected chi connectivity index (χ1v) is 26.4. The second-order valence-electron chi connectivity index (χ2n) is 13.8. The number of aromatic nitrogens is 1. The van der Waals surface area contributed by atoms with Crippen LogP contribution in [0.25, 0.3) is 22.6 Å². The highest BCUT2D eigenvalue weighted by atomic mass is 28.5. The number of fused-ring (bicyclic) bond motifs is 1. The molecule has 10 heteroatoms. The molecular formula is C31H51NO5Si4. The van der Waals surface area contributed by atoms with Crippen LogP contribution in [0, 0.1) is 0 Å². The maximum atomic E-state index is 6.92. The van der Waals surface area contributed by atoms with Crippen LogP contribution in [0.3, 0.4) is 0 Å². The van der Waals surface area contributed by atoms with Gasteiger partial charge in [0, 0.05) is 10.8 Å². The van der Waals surface area contributed by atoms with Gasteiger partial charge in [-0.2, -0.15) is 0 Å². The van der Waals surface area contributed by atoms with E-state index in [4.69, 9.17) is 26.5 Å². The molecule has 3 aromatic rings. The van der Waals surface area contributed by atoms with Gasteiger partial charge >= 0.3 is 17.1 Å². The first-order valence-electron chi connectivity index (χ1n) is 14.7. The summed E-state index contributed by atoms with van der Waals surface area (Å²) in [4.78, 5) is 4.78. The van der Waals surface area contributed by atoms with E-state index in [1.54, 1.807) is 0 Å². The zero-order valence-electron chi connectivity index (χ0n) is 27.4. The molecule has 3 rings (SSSR count). The van der Waals surface area contributed by atoms with Gasteiger partial charge in [-0.15, -0.1) is 0 Å². The molecule has 0 saturated carbocycles. The van der Waals surface area contributed by atoms with E-state index in [1.165, 1.54) is 5.56 Å². The quantitative estimate of drug-likeness (QED) is 0.166. The molecule has 0 N–H and O–H groups in total. The van der Waals surface area contributed by atoms with E-state index in [0.29, 0.717) is 12.5 Å². The molecule has 0 fully saturated rings. The van der Waals surface area contributed by atoms with Crippen LogP contribution in [-0.2, 0) is 17.8 Å². The van der Waals surface area contributed by atoms with E-state index in [9.17, 15) is 0 Å². The Morgan fingerprint density at radius 1 is 0.854 bits per heavy atom. The monoisotopic (exact) mass is 629 g/mol. The van der Waals surface area contributed by atoms with E-state index in [2.05, 4.69) is 98.8 Å². The van der Waals surface area contributed by atoms with E-state index in [1.807, 2.05) is 30.3 Å². The van der Waals surface area contributed by atoms with Gasteiger partial charge in [0.25, 0.3) is 0 Å². The van der Waals surface area contributed by atoms with Crippen molar-refractivity contribution >= 4 is 44.9 Å². The molecule has 6 nitrogen and oxygen atoms in total. The molecule has 1 aromatic heterocycles. The van der Waals surface area contributed by atoms with Crippen molar-refractivity contribution in [3.63, 3.8) is 0 Å². The standard InChI is InChI=1S/C31H51NO5Si4/c1-14-31(4,5)26-18-21-29-28(22-26)32-30(34-29)25-16-19-27(20-17-25)33-23-24(3)41(13,36-39(9,10)11)37-40(12,15-2)35-38(6,7)8/h16-22H,3,14-15,23H2,1-2,4-13H3. The Kier molecular flexibility index (Phi) is 10.2. The SMILES string of the molecule is C=C(COc1ccc(-c2nc3cc(C(C)(C)CC)ccc3o2)cc1)[Si](C)(O[Si](C)(C)C)O[Si](C)(CC)O[Si](C)(C)C. The van der Waals surface area contributed by atoms with Crippen LogP contribution in [0.1, 0.15) is 39.7 Å². The van der Waals surface area contributed by atoms with Gasteiger partial charge in [-0.1, -0.05) is 40.3 Å². The summed E-state index contributed by atoms with van der Waals surface area (Å²) in [5.41, 5.74) is 3.94. The minimum Gasteiger partial charge on any atom is -0.489 e. The minimum atomic E-state index is -2.83. The number of rotatable bonds is 14. The molecule has 0 radical (unpaired) electrons. The van der Waals surface area contributed by atoms with Crippen LogP contribution < -0.4 is 4.74 Å². The molecule has 226 valence electrons. The van der Waals surface area contributed by atoms with Gasteiger partial charge in [-0.3, -0.25) is 0 Å². The van der Waals surface area contributed by atoms with Crippen LogP contribution in [0.4, 0.5) is 0 Å². The number of nitrogens with zero attached hydrogens (tertiary/aromatic N) is 1. The number of hydrogen-bond donors (Lipinski definition) is 0. The number of oxazole rings is 1. The third kappa shape index (κ3) is 9.09. The van der Waals surface area contributed by atoms with Crippen molar-refractivity contribution in [2.75, 3.05) is 6.61 Å². The zero-order valence-corrected chi connectivity index (χ0v) is 31.4. The van der Waals surface area contributed by atoms with Crippen LogP contribution in [0.15, 0.2) is 58.7 Å². The summed E-state index contributed by atoms with van der Waals surface area (Å²) in [6, 6.07) is 15.0. The summed E-state index contributed by atoms with van der Waals surface area (Å²) in [5.74, 6) is 1.35. The highest BCUT2D eigenvalue weighted by Crippen LogP contribution is 2.33. The van der Waals surface area contributed by atoms with Crippen molar-refractivity contribution in [3.8, 4) is 17.2 Å². The molecule has 0 saturated heterocycles. The molecule has 0 aliphatic heterocycles. The van der Waals surface area contributed by atoms with E-state index in [0.717, 1.165) is 40.1 Å². The Labute approximate surface area is 252 Å². The fraction of sp³-hybridized carbons (Fsp3) is 0.516. The molecule has 2 unspecified atom stereocenters. The third-order valence-corrected chi connectivity index (χ3v) is 21.5. The summed E-state index contributed by atoms with van der Waals surface area (Å²) in [7, 11) is -9.00. The number of ether oxygens (including phenoxy) is 1. The van der Waals surface area contributed by atoms with Crippen molar-refractivity contribution in [3.05, 3.63) is 59.8 Å². The van der Waals surface area contributed by atoms with Crippen molar-refractivity contribution in [2.45, 2.75) is 98.0 Å². The number of hydrogen-bond acceptors (Lipinski definition) is 6.